The molecule has 0 aliphatic carbocycles. The van der Waals surface area contributed by atoms with Gasteiger partial charge in [0.15, 0.2) is 5.82 Å². The number of fused-ring (bicyclic) bond motifs is 3. The van der Waals surface area contributed by atoms with Crippen LogP contribution in [0.15, 0.2) is 47.2 Å². The molecule has 0 radical (unpaired) electrons. The fourth-order valence-electron chi connectivity index (χ4n) is 8.97. The second-order valence-electron chi connectivity index (χ2n) is 17.0. The van der Waals surface area contributed by atoms with Crippen molar-refractivity contribution in [3.63, 3.8) is 0 Å². The van der Waals surface area contributed by atoms with E-state index in [1.54, 1.807) is 11.3 Å². The van der Waals surface area contributed by atoms with Crippen LogP contribution in [-0.2, 0) is 4.74 Å². The Morgan fingerprint density at radius 2 is 1.20 bits per heavy atom. The first-order valence-corrected chi connectivity index (χ1v) is 28.4. The summed E-state index contributed by atoms with van der Waals surface area (Å²) >= 11 is 10.5. The van der Waals surface area contributed by atoms with Gasteiger partial charge in [-0.1, -0.05) is 119 Å². The molecule has 7 rings (SSSR count). The average molecular weight is 933 g/mol. The van der Waals surface area contributed by atoms with Crippen molar-refractivity contribution in [1.29, 1.82) is 0 Å². The first-order valence-electron chi connectivity index (χ1n) is 23.4. The van der Waals surface area contributed by atoms with E-state index in [-0.39, 0.29) is 4.88 Å². The SMILES string of the molecule is CCCCCCC(CC)c1ccc(-c2c3cc(-c4scc5c(F)c(C(=O)OCC(CC)CCCCC)sc45)sc3c(-c3ccc(C(CC)CCCCCC)s3)c3ccsc23)s1. The maximum atomic E-state index is 16.1. The van der Waals surface area contributed by atoms with E-state index in [1.807, 2.05) is 50.7 Å². The molecule has 0 N–H and O–H groups in total. The molecule has 328 valence electrons. The van der Waals surface area contributed by atoms with Crippen LogP contribution in [-0.4, -0.2) is 12.6 Å². The number of esters is 1. The number of hydrogen-bond acceptors (Lipinski definition) is 8. The minimum atomic E-state index is -0.529. The van der Waals surface area contributed by atoms with Crippen molar-refractivity contribution in [1.82, 2.24) is 0 Å². The summed E-state index contributed by atoms with van der Waals surface area (Å²) in [5.74, 6) is 0.513. The molecule has 3 atom stereocenters. The summed E-state index contributed by atoms with van der Waals surface area (Å²) in [6, 6.07) is 14.3. The average Bonchev–Trinajstić information content (AvgIpc) is 4.14. The molecular formula is C52H65FO2S6. The van der Waals surface area contributed by atoms with Gasteiger partial charge in [0, 0.05) is 66.5 Å². The lowest BCUT2D eigenvalue weighted by molar-refractivity contribution is 0.0429. The van der Waals surface area contributed by atoms with E-state index in [4.69, 9.17) is 4.74 Å². The molecule has 0 amide bonds. The van der Waals surface area contributed by atoms with Crippen LogP contribution < -0.4 is 0 Å². The van der Waals surface area contributed by atoms with Gasteiger partial charge < -0.3 is 4.74 Å². The van der Waals surface area contributed by atoms with Crippen molar-refractivity contribution in [3.05, 3.63) is 67.6 Å². The fraction of sp³-hybridized carbons (Fsp3) is 0.519. The van der Waals surface area contributed by atoms with E-state index < -0.39 is 11.8 Å². The van der Waals surface area contributed by atoms with Gasteiger partial charge in [0.1, 0.15) is 4.88 Å². The van der Waals surface area contributed by atoms with Crippen molar-refractivity contribution >= 4 is 104 Å². The molecule has 0 aliphatic rings. The number of halogens is 1. The zero-order valence-corrected chi connectivity index (χ0v) is 42.1. The second-order valence-corrected chi connectivity index (χ2v) is 23.1. The second kappa shape index (κ2) is 22.5. The molecule has 9 heteroatoms. The third kappa shape index (κ3) is 10.4. The monoisotopic (exact) mass is 932 g/mol. The number of hydrogen-bond donors (Lipinski definition) is 0. The Labute approximate surface area is 388 Å². The van der Waals surface area contributed by atoms with Crippen LogP contribution >= 0.6 is 68.0 Å². The summed E-state index contributed by atoms with van der Waals surface area (Å²) in [5.41, 5.74) is 2.67. The standard InChI is InChI=1S/C52H65FO2S6/c1-7-13-16-19-22-34(11-5)39-24-26-41(58-39)44-36-28-29-56-47(36)45(42-27-25-40(59-42)35(12-6)23-20-17-14-8-2)37-30-43(60-48(37)44)50-49-38(32-57-50)46(53)51(61-49)52(54)55-31-33(10-4)21-18-15-9-3/h24-30,32-35H,7-23,31H2,1-6H3. The van der Waals surface area contributed by atoms with Crippen molar-refractivity contribution in [2.24, 2.45) is 5.92 Å². The van der Waals surface area contributed by atoms with Gasteiger partial charge in [0.05, 0.1) is 16.2 Å². The molecule has 0 saturated heterocycles. The lowest BCUT2D eigenvalue weighted by atomic mass is 9.96. The normalized spacial score (nSPS) is 13.6. The summed E-state index contributed by atoms with van der Waals surface area (Å²) in [5, 5.41) is 7.33. The summed E-state index contributed by atoms with van der Waals surface area (Å²) in [7, 11) is 0. The predicted octanol–water partition coefficient (Wildman–Crippen LogP) is 20.3. The number of thiophene rings is 6. The minimum absolute atomic E-state index is 0.100. The molecular weight excluding hydrogens is 868 g/mol. The molecule has 61 heavy (non-hydrogen) atoms. The van der Waals surface area contributed by atoms with Crippen LogP contribution in [0.1, 0.15) is 182 Å². The van der Waals surface area contributed by atoms with Gasteiger partial charge >= 0.3 is 5.97 Å². The number of ether oxygens (including phenoxy) is 1. The van der Waals surface area contributed by atoms with Crippen LogP contribution in [0.25, 0.3) is 60.9 Å². The van der Waals surface area contributed by atoms with Crippen LogP contribution in [0.3, 0.4) is 0 Å². The van der Waals surface area contributed by atoms with Gasteiger partial charge in [0.2, 0.25) is 0 Å². The summed E-state index contributed by atoms with van der Waals surface area (Å²) in [4.78, 5) is 21.4. The van der Waals surface area contributed by atoms with E-state index in [1.165, 1.54) is 133 Å². The molecule has 0 aliphatic heterocycles. The molecule has 6 heterocycles. The number of carbonyl (C=O) groups excluding carboxylic acids is 1. The molecule has 0 saturated carbocycles. The van der Waals surface area contributed by atoms with Gasteiger partial charge in [-0.2, -0.15) is 0 Å². The number of benzene rings is 1. The number of unbranched alkanes of at least 4 members (excludes halogenated alkanes) is 8. The molecule has 7 aromatic rings. The number of rotatable bonds is 25. The van der Waals surface area contributed by atoms with E-state index in [0.717, 1.165) is 53.0 Å². The van der Waals surface area contributed by atoms with Crippen LogP contribution in [0.4, 0.5) is 4.39 Å². The van der Waals surface area contributed by atoms with Crippen LogP contribution in [0, 0.1) is 11.7 Å². The van der Waals surface area contributed by atoms with Gasteiger partial charge in [-0.15, -0.1) is 68.0 Å². The Kier molecular flexibility index (Phi) is 17.2. The van der Waals surface area contributed by atoms with E-state index >= 15 is 4.39 Å². The highest BCUT2D eigenvalue weighted by molar-refractivity contribution is 7.31. The quantitative estimate of drug-likeness (QED) is 0.0422. The third-order valence-electron chi connectivity index (χ3n) is 12.8. The number of carbonyl (C=O) groups is 1. The molecule has 3 unspecified atom stereocenters. The maximum Gasteiger partial charge on any atom is 0.351 e. The Bertz CT molecular complexity index is 2360. The van der Waals surface area contributed by atoms with Crippen molar-refractivity contribution < 1.29 is 13.9 Å². The Hall–Kier alpha value is -2.40. The zero-order chi connectivity index (χ0) is 42.9. The smallest absolute Gasteiger partial charge is 0.351 e. The molecule has 0 bridgehead atoms. The molecule has 6 aromatic heterocycles. The van der Waals surface area contributed by atoms with Gasteiger partial charge in [-0.05, 0) is 91.6 Å². The first-order chi connectivity index (χ1) is 29.8. The summed E-state index contributed by atoms with van der Waals surface area (Å²) in [6.07, 6.45) is 20.7. The van der Waals surface area contributed by atoms with Gasteiger partial charge in [0.25, 0.3) is 0 Å². The Morgan fingerprint density at radius 1 is 0.590 bits per heavy atom. The van der Waals surface area contributed by atoms with E-state index in [0.29, 0.717) is 29.7 Å². The van der Waals surface area contributed by atoms with Crippen molar-refractivity contribution in [3.8, 4) is 30.6 Å². The topological polar surface area (TPSA) is 26.3 Å². The predicted molar refractivity (Wildman–Crippen MR) is 274 cm³/mol. The lowest BCUT2D eigenvalue weighted by Gasteiger charge is -2.14. The highest BCUT2D eigenvalue weighted by atomic mass is 32.1. The lowest BCUT2D eigenvalue weighted by Crippen LogP contribution is -2.14. The zero-order valence-electron chi connectivity index (χ0n) is 37.2. The summed E-state index contributed by atoms with van der Waals surface area (Å²) < 4.78 is 25.4. The minimum Gasteiger partial charge on any atom is -0.461 e. The maximum absolute atomic E-state index is 16.1. The third-order valence-corrected chi connectivity index (χ3v) is 19.9. The molecule has 0 spiro atoms. The largest absolute Gasteiger partial charge is 0.461 e. The van der Waals surface area contributed by atoms with Crippen molar-refractivity contribution in [2.45, 2.75) is 163 Å². The first kappa shape index (κ1) is 46.6. The highest BCUT2D eigenvalue weighted by Gasteiger charge is 2.28. The Morgan fingerprint density at radius 3 is 1.80 bits per heavy atom. The van der Waals surface area contributed by atoms with E-state index in [2.05, 4.69) is 83.3 Å². The molecule has 2 nitrogen and oxygen atoms in total. The fourth-order valence-corrected chi connectivity index (χ4v) is 16.4. The molecule has 1 aromatic carbocycles. The van der Waals surface area contributed by atoms with E-state index in [9.17, 15) is 4.79 Å². The van der Waals surface area contributed by atoms with Crippen LogP contribution in [0.2, 0.25) is 0 Å². The Balaban J connectivity index is 1.31. The molecule has 0 fully saturated rings. The van der Waals surface area contributed by atoms with Crippen molar-refractivity contribution in [2.75, 3.05) is 6.61 Å². The van der Waals surface area contributed by atoms with Gasteiger partial charge in [-0.25, -0.2) is 9.18 Å². The van der Waals surface area contributed by atoms with Gasteiger partial charge in [-0.3, -0.25) is 0 Å². The highest BCUT2D eigenvalue weighted by Crippen LogP contribution is 2.55. The summed E-state index contributed by atoms with van der Waals surface area (Å²) in [6.45, 7) is 14.0. The van der Waals surface area contributed by atoms with Crippen LogP contribution in [0.5, 0.6) is 0 Å².